The normalized spacial score (nSPS) is 10.2. The number of ether oxygens (including phenoxy) is 1. The molecule has 4 nitrogen and oxygen atoms in total. The summed E-state index contributed by atoms with van der Waals surface area (Å²) in [6, 6.07) is 6.62. The number of aryl methyl sites for hydroxylation is 1. The van der Waals surface area contributed by atoms with Crippen molar-refractivity contribution in [2.75, 3.05) is 7.11 Å². The number of phenolic OH excluding ortho intramolecular Hbond substituents is 1. The molecule has 100 valence electrons. The molecule has 0 unspecified atom stereocenters. The van der Waals surface area contributed by atoms with Crippen LogP contribution in [0.15, 0.2) is 29.6 Å². The lowest BCUT2D eigenvalue weighted by molar-refractivity contribution is 0.0948. The van der Waals surface area contributed by atoms with Crippen molar-refractivity contribution in [3.8, 4) is 11.5 Å². The number of amides is 1. The highest BCUT2D eigenvalue weighted by Gasteiger charge is 2.12. The number of methoxy groups -OCH3 is 1. The molecule has 0 radical (unpaired) electrons. The van der Waals surface area contributed by atoms with Gasteiger partial charge in [0.2, 0.25) is 0 Å². The lowest BCUT2D eigenvalue weighted by atomic mass is 10.1. The van der Waals surface area contributed by atoms with Crippen LogP contribution in [-0.4, -0.2) is 18.1 Å². The Balaban J connectivity index is 2.06. The Kier molecular flexibility index (Phi) is 4.06. The molecule has 0 saturated heterocycles. The van der Waals surface area contributed by atoms with Crippen molar-refractivity contribution in [3.63, 3.8) is 0 Å². The van der Waals surface area contributed by atoms with E-state index in [9.17, 15) is 9.90 Å². The quantitative estimate of drug-likeness (QED) is 0.903. The summed E-state index contributed by atoms with van der Waals surface area (Å²) in [7, 11) is 1.51. The summed E-state index contributed by atoms with van der Waals surface area (Å²) in [4.78, 5) is 13.1. The lowest BCUT2D eigenvalue weighted by Crippen LogP contribution is -2.22. The number of hydrogen-bond donors (Lipinski definition) is 2. The molecule has 0 aliphatic carbocycles. The second kappa shape index (κ2) is 5.75. The molecule has 1 aromatic heterocycles. The molecule has 19 heavy (non-hydrogen) atoms. The zero-order valence-electron chi connectivity index (χ0n) is 10.8. The molecule has 2 rings (SSSR count). The van der Waals surface area contributed by atoms with Crippen molar-refractivity contribution >= 4 is 17.2 Å². The van der Waals surface area contributed by atoms with Crippen LogP contribution in [-0.2, 0) is 6.54 Å². The number of thiophene rings is 1. The third kappa shape index (κ3) is 3.06. The first-order valence-corrected chi connectivity index (χ1v) is 6.68. The minimum Gasteiger partial charge on any atom is -0.507 e. The molecule has 0 atom stereocenters. The molecule has 2 aromatic rings. The Bertz CT molecular complexity index is 592. The fourth-order valence-electron chi connectivity index (χ4n) is 1.67. The second-order valence-corrected chi connectivity index (χ2v) is 5.09. The summed E-state index contributed by atoms with van der Waals surface area (Å²) in [6.45, 7) is 2.47. The summed E-state index contributed by atoms with van der Waals surface area (Å²) in [6.07, 6.45) is 0. The second-order valence-electron chi connectivity index (χ2n) is 4.09. The third-order valence-electron chi connectivity index (χ3n) is 2.83. The van der Waals surface area contributed by atoms with Crippen LogP contribution >= 0.6 is 11.3 Å². The molecular weight excluding hydrogens is 262 g/mol. The lowest BCUT2D eigenvalue weighted by Gasteiger charge is -2.08. The molecule has 5 heteroatoms. The molecule has 0 fully saturated rings. The SMILES string of the molecule is COc1ccc(C(=O)NCc2sccc2C)c(O)c1. The molecule has 0 spiro atoms. The highest BCUT2D eigenvalue weighted by atomic mass is 32.1. The molecule has 0 aliphatic rings. The van der Waals surface area contributed by atoms with Crippen molar-refractivity contribution < 1.29 is 14.6 Å². The van der Waals surface area contributed by atoms with Crippen LogP contribution in [0.4, 0.5) is 0 Å². The Morgan fingerprint density at radius 3 is 2.79 bits per heavy atom. The standard InChI is InChI=1S/C14H15NO3S/c1-9-5-6-19-13(9)8-15-14(17)11-4-3-10(18-2)7-12(11)16/h3-7,16H,8H2,1-2H3,(H,15,17). The van der Waals surface area contributed by atoms with Gasteiger partial charge in [-0.25, -0.2) is 0 Å². The van der Waals surface area contributed by atoms with Crippen LogP contribution < -0.4 is 10.1 Å². The maximum Gasteiger partial charge on any atom is 0.255 e. The van der Waals surface area contributed by atoms with E-state index in [2.05, 4.69) is 5.32 Å². The summed E-state index contributed by atoms with van der Waals surface area (Å²) in [5.74, 6) is 0.135. The largest absolute Gasteiger partial charge is 0.507 e. The predicted octanol–water partition coefficient (Wildman–Crippen LogP) is 2.70. The number of hydrogen-bond acceptors (Lipinski definition) is 4. The number of carbonyl (C=O) groups is 1. The van der Waals surface area contributed by atoms with Gasteiger partial charge in [0.15, 0.2) is 0 Å². The van der Waals surface area contributed by atoms with Gasteiger partial charge in [-0.3, -0.25) is 4.79 Å². The molecule has 0 saturated carbocycles. The van der Waals surface area contributed by atoms with Gasteiger partial charge in [0.05, 0.1) is 19.2 Å². The number of aromatic hydroxyl groups is 1. The van der Waals surface area contributed by atoms with Crippen LogP contribution in [0.1, 0.15) is 20.8 Å². The van der Waals surface area contributed by atoms with E-state index >= 15 is 0 Å². The topological polar surface area (TPSA) is 58.6 Å². The highest BCUT2D eigenvalue weighted by molar-refractivity contribution is 7.10. The Hall–Kier alpha value is -2.01. The van der Waals surface area contributed by atoms with Gasteiger partial charge in [-0.1, -0.05) is 0 Å². The average Bonchev–Trinajstić information content (AvgIpc) is 2.81. The van der Waals surface area contributed by atoms with Crippen molar-refractivity contribution in [2.24, 2.45) is 0 Å². The number of nitrogens with one attached hydrogen (secondary N) is 1. The van der Waals surface area contributed by atoms with E-state index in [1.54, 1.807) is 23.5 Å². The van der Waals surface area contributed by atoms with Gasteiger partial charge < -0.3 is 15.2 Å². The number of carbonyl (C=O) groups excluding carboxylic acids is 1. The smallest absolute Gasteiger partial charge is 0.255 e. The van der Waals surface area contributed by atoms with E-state index in [1.807, 2.05) is 18.4 Å². The van der Waals surface area contributed by atoms with E-state index in [0.717, 1.165) is 10.4 Å². The van der Waals surface area contributed by atoms with Crippen LogP contribution in [0.2, 0.25) is 0 Å². The first-order chi connectivity index (χ1) is 9.11. The zero-order valence-corrected chi connectivity index (χ0v) is 11.6. The van der Waals surface area contributed by atoms with E-state index in [4.69, 9.17) is 4.74 Å². The molecule has 1 aromatic carbocycles. The van der Waals surface area contributed by atoms with Gasteiger partial charge in [0.1, 0.15) is 11.5 Å². The van der Waals surface area contributed by atoms with Gasteiger partial charge in [-0.2, -0.15) is 0 Å². The monoisotopic (exact) mass is 277 g/mol. The summed E-state index contributed by atoms with van der Waals surface area (Å²) >= 11 is 1.60. The number of phenols is 1. The first-order valence-electron chi connectivity index (χ1n) is 5.80. The van der Waals surface area contributed by atoms with Crippen molar-refractivity contribution in [1.29, 1.82) is 0 Å². The van der Waals surface area contributed by atoms with E-state index in [1.165, 1.54) is 13.2 Å². The van der Waals surface area contributed by atoms with E-state index in [0.29, 0.717) is 12.3 Å². The summed E-state index contributed by atoms with van der Waals surface area (Å²) in [5, 5.41) is 14.5. The van der Waals surface area contributed by atoms with Gasteiger partial charge in [0, 0.05) is 10.9 Å². The molecule has 0 aliphatic heterocycles. The predicted molar refractivity (Wildman–Crippen MR) is 74.9 cm³/mol. The molecule has 1 heterocycles. The fourth-order valence-corrected chi connectivity index (χ4v) is 2.52. The van der Waals surface area contributed by atoms with Gasteiger partial charge >= 0.3 is 0 Å². The third-order valence-corrected chi connectivity index (χ3v) is 3.85. The fraction of sp³-hybridized carbons (Fsp3) is 0.214. The summed E-state index contributed by atoms with van der Waals surface area (Å²) < 4.78 is 4.97. The molecular formula is C14H15NO3S. The van der Waals surface area contributed by atoms with Crippen LogP contribution in [0, 0.1) is 6.92 Å². The van der Waals surface area contributed by atoms with Crippen LogP contribution in [0.5, 0.6) is 11.5 Å². The zero-order chi connectivity index (χ0) is 13.8. The van der Waals surface area contributed by atoms with Gasteiger partial charge in [0.25, 0.3) is 5.91 Å². The first kappa shape index (κ1) is 13.4. The van der Waals surface area contributed by atoms with Crippen LogP contribution in [0.3, 0.4) is 0 Å². The molecule has 2 N–H and O–H groups in total. The van der Waals surface area contributed by atoms with Crippen molar-refractivity contribution in [3.05, 3.63) is 45.6 Å². The van der Waals surface area contributed by atoms with Gasteiger partial charge in [-0.05, 0) is 36.1 Å². The van der Waals surface area contributed by atoms with Crippen molar-refractivity contribution in [1.82, 2.24) is 5.32 Å². The highest BCUT2D eigenvalue weighted by Crippen LogP contribution is 2.23. The van der Waals surface area contributed by atoms with Gasteiger partial charge in [-0.15, -0.1) is 11.3 Å². The number of rotatable bonds is 4. The summed E-state index contributed by atoms with van der Waals surface area (Å²) in [5.41, 5.74) is 1.40. The maximum atomic E-state index is 12.0. The molecule has 1 amide bonds. The minimum atomic E-state index is -0.298. The van der Waals surface area contributed by atoms with Crippen LogP contribution in [0.25, 0.3) is 0 Å². The minimum absolute atomic E-state index is 0.0836. The Morgan fingerprint density at radius 2 is 2.21 bits per heavy atom. The molecule has 0 bridgehead atoms. The van der Waals surface area contributed by atoms with Crippen molar-refractivity contribution in [2.45, 2.75) is 13.5 Å². The maximum absolute atomic E-state index is 12.0. The Morgan fingerprint density at radius 1 is 1.42 bits per heavy atom. The number of benzene rings is 1. The Labute approximate surface area is 115 Å². The average molecular weight is 277 g/mol. The van der Waals surface area contributed by atoms with E-state index < -0.39 is 0 Å². The van der Waals surface area contributed by atoms with E-state index in [-0.39, 0.29) is 17.2 Å².